The Balaban J connectivity index is 1.99. The predicted molar refractivity (Wildman–Crippen MR) is 78.9 cm³/mol. The fraction of sp³-hybridized carbons (Fsp3) is 0.600. The largest absolute Gasteiger partial charge is 0.374 e. The van der Waals surface area contributed by atoms with Crippen LogP contribution in [0.25, 0.3) is 0 Å². The number of hydrogen-bond acceptors (Lipinski definition) is 2. The Bertz CT molecular complexity index is 365. The van der Waals surface area contributed by atoms with Gasteiger partial charge in [-0.2, -0.15) is 0 Å². The molecule has 3 atom stereocenters. The predicted octanol–water partition coefficient (Wildman–Crippen LogP) is 3.54. The van der Waals surface area contributed by atoms with Gasteiger partial charge in [-0.1, -0.05) is 35.0 Å². The lowest BCUT2D eigenvalue weighted by molar-refractivity contribution is 0.0324. The Morgan fingerprint density at radius 2 is 2.06 bits per heavy atom. The van der Waals surface area contributed by atoms with Crippen molar-refractivity contribution in [2.45, 2.75) is 51.4 Å². The van der Waals surface area contributed by atoms with E-state index in [2.05, 4.69) is 59.4 Å². The minimum atomic E-state index is 0.364. The maximum absolute atomic E-state index is 6.00. The van der Waals surface area contributed by atoms with Crippen molar-refractivity contribution in [3.8, 4) is 0 Å². The number of likely N-dealkylation sites (N-methyl/N-ethyl adjacent to an activating group) is 1. The molecule has 1 aromatic carbocycles. The first kappa shape index (κ1) is 14.0. The summed E-state index contributed by atoms with van der Waals surface area (Å²) >= 11 is 3.48. The molecule has 0 radical (unpaired) electrons. The second-order valence-electron chi connectivity index (χ2n) is 5.06. The summed E-state index contributed by atoms with van der Waals surface area (Å²) in [7, 11) is 0. The second-order valence-corrected chi connectivity index (χ2v) is 5.97. The van der Waals surface area contributed by atoms with E-state index >= 15 is 0 Å². The molecule has 18 heavy (non-hydrogen) atoms. The third-order valence-corrected chi connectivity index (χ3v) is 4.08. The van der Waals surface area contributed by atoms with Crippen LogP contribution in [-0.2, 0) is 11.2 Å². The molecule has 3 unspecified atom stereocenters. The molecule has 1 aliphatic heterocycles. The molecule has 1 heterocycles. The van der Waals surface area contributed by atoms with Gasteiger partial charge < -0.3 is 10.1 Å². The van der Waals surface area contributed by atoms with E-state index in [4.69, 9.17) is 4.74 Å². The summed E-state index contributed by atoms with van der Waals surface area (Å²) in [6, 6.07) is 9.02. The van der Waals surface area contributed by atoms with Crippen molar-refractivity contribution in [1.82, 2.24) is 5.32 Å². The Morgan fingerprint density at radius 1 is 1.33 bits per heavy atom. The van der Waals surface area contributed by atoms with Gasteiger partial charge in [0, 0.05) is 10.5 Å². The molecule has 1 fully saturated rings. The summed E-state index contributed by atoms with van der Waals surface area (Å²) in [5.41, 5.74) is 1.37. The maximum Gasteiger partial charge on any atom is 0.0735 e. The minimum Gasteiger partial charge on any atom is -0.374 e. The lowest BCUT2D eigenvalue weighted by atomic mass is 9.99. The van der Waals surface area contributed by atoms with Crippen molar-refractivity contribution in [3.05, 3.63) is 34.3 Å². The van der Waals surface area contributed by atoms with Gasteiger partial charge in [0.1, 0.15) is 0 Å². The van der Waals surface area contributed by atoms with E-state index in [9.17, 15) is 0 Å². The van der Waals surface area contributed by atoms with Gasteiger partial charge in [-0.25, -0.2) is 0 Å². The minimum absolute atomic E-state index is 0.364. The number of rotatable bonds is 5. The SMILES string of the molecule is CCNC(Cc1ccc(Br)cc1)C1CCC(C)O1. The quantitative estimate of drug-likeness (QED) is 0.898. The van der Waals surface area contributed by atoms with E-state index in [1.165, 1.54) is 18.4 Å². The van der Waals surface area contributed by atoms with Crippen LogP contribution in [0.3, 0.4) is 0 Å². The van der Waals surface area contributed by atoms with Gasteiger partial charge in [-0.3, -0.25) is 0 Å². The van der Waals surface area contributed by atoms with Gasteiger partial charge in [0.15, 0.2) is 0 Å². The first-order valence-corrected chi connectivity index (χ1v) is 7.61. The molecule has 1 N–H and O–H groups in total. The van der Waals surface area contributed by atoms with Crippen LogP contribution in [0.2, 0.25) is 0 Å². The summed E-state index contributed by atoms with van der Waals surface area (Å²) in [5, 5.41) is 3.57. The molecule has 0 aliphatic carbocycles. The maximum atomic E-state index is 6.00. The standard InChI is InChI=1S/C15H22BrNO/c1-3-17-14(15-9-4-11(2)18-15)10-12-5-7-13(16)8-6-12/h5-8,11,14-15,17H,3-4,9-10H2,1-2H3. The van der Waals surface area contributed by atoms with Gasteiger partial charge in [-0.15, -0.1) is 0 Å². The molecule has 2 rings (SSSR count). The zero-order valence-corrected chi connectivity index (χ0v) is 12.7. The third kappa shape index (κ3) is 3.81. The summed E-state index contributed by atoms with van der Waals surface area (Å²) in [6.07, 6.45) is 4.19. The molecule has 1 aliphatic rings. The number of ether oxygens (including phenoxy) is 1. The van der Waals surface area contributed by atoms with Crippen molar-refractivity contribution in [2.24, 2.45) is 0 Å². The lowest BCUT2D eigenvalue weighted by Gasteiger charge is -2.24. The fourth-order valence-corrected chi connectivity index (χ4v) is 2.87. The van der Waals surface area contributed by atoms with Gasteiger partial charge in [0.2, 0.25) is 0 Å². The van der Waals surface area contributed by atoms with E-state index in [0.29, 0.717) is 18.2 Å². The van der Waals surface area contributed by atoms with Crippen LogP contribution in [0.15, 0.2) is 28.7 Å². The zero-order valence-electron chi connectivity index (χ0n) is 11.2. The molecule has 0 bridgehead atoms. The van der Waals surface area contributed by atoms with Crippen LogP contribution in [0.4, 0.5) is 0 Å². The average Bonchev–Trinajstić information content (AvgIpc) is 2.78. The van der Waals surface area contributed by atoms with Crippen LogP contribution in [0.1, 0.15) is 32.3 Å². The van der Waals surface area contributed by atoms with E-state index in [1.54, 1.807) is 0 Å². The van der Waals surface area contributed by atoms with Gasteiger partial charge in [0.25, 0.3) is 0 Å². The lowest BCUT2D eigenvalue weighted by Crippen LogP contribution is -2.41. The summed E-state index contributed by atoms with van der Waals surface area (Å²) in [6.45, 7) is 5.32. The smallest absolute Gasteiger partial charge is 0.0735 e. The summed E-state index contributed by atoms with van der Waals surface area (Å²) in [5.74, 6) is 0. The molecule has 0 spiro atoms. The van der Waals surface area contributed by atoms with Crippen LogP contribution in [0, 0.1) is 0 Å². The van der Waals surface area contributed by atoms with Crippen molar-refractivity contribution in [2.75, 3.05) is 6.54 Å². The van der Waals surface area contributed by atoms with Crippen molar-refractivity contribution in [3.63, 3.8) is 0 Å². The van der Waals surface area contributed by atoms with Gasteiger partial charge in [0.05, 0.1) is 12.2 Å². The molecule has 1 saturated heterocycles. The first-order chi connectivity index (χ1) is 8.69. The zero-order chi connectivity index (χ0) is 13.0. The van der Waals surface area contributed by atoms with E-state index < -0.39 is 0 Å². The third-order valence-electron chi connectivity index (χ3n) is 3.55. The Morgan fingerprint density at radius 3 is 2.61 bits per heavy atom. The normalized spacial score (nSPS) is 25.3. The van der Waals surface area contributed by atoms with Crippen molar-refractivity contribution < 1.29 is 4.74 Å². The molecular weight excluding hydrogens is 290 g/mol. The monoisotopic (exact) mass is 311 g/mol. The Labute approximate surface area is 118 Å². The van der Waals surface area contributed by atoms with E-state index in [0.717, 1.165) is 17.4 Å². The van der Waals surface area contributed by atoms with Gasteiger partial charge >= 0.3 is 0 Å². The van der Waals surface area contributed by atoms with Crippen LogP contribution < -0.4 is 5.32 Å². The topological polar surface area (TPSA) is 21.3 Å². The molecule has 0 amide bonds. The Kier molecular flexibility index (Phi) is 5.22. The van der Waals surface area contributed by atoms with Crippen LogP contribution in [-0.4, -0.2) is 24.8 Å². The molecule has 1 aromatic rings. The van der Waals surface area contributed by atoms with Gasteiger partial charge in [-0.05, 0) is 50.4 Å². The van der Waals surface area contributed by atoms with E-state index in [-0.39, 0.29) is 0 Å². The molecule has 2 nitrogen and oxygen atoms in total. The summed E-state index contributed by atoms with van der Waals surface area (Å²) in [4.78, 5) is 0. The average molecular weight is 312 g/mol. The number of benzene rings is 1. The Hall–Kier alpha value is -0.380. The highest BCUT2D eigenvalue weighted by Gasteiger charge is 2.29. The highest BCUT2D eigenvalue weighted by Crippen LogP contribution is 2.24. The first-order valence-electron chi connectivity index (χ1n) is 6.82. The molecule has 0 aromatic heterocycles. The van der Waals surface area contributed by atoms with Crippen molar-refractivity contribution >= 4 is 15.9 Å². The fourth-order valence-electron chi connectivity index (χ4n) is 2.60. The number of nitrogens with one attached hydrogen (secondary N) is 1. The highest BCUT2D eigenvalue weighted by molar-refractivity contribution is 9.10. The molecule has 100 valence electrons. The van der Waals surface area contributed by atoms with Crippen molar-refractivity contribution in [1.29, 1.82) is 0 Å². The molecule has 3 heteroatoms. The summed E-state index contributed by atoms with van der Waals surface area (Å²) < 4.78 is 7.14. The van der Waals surface area contributed by atoms with Crippen LogP contribution in [0.5, 0.6) is 0 Å². The molecule has 0 saturated carbocycles. The number of halogens is 1. The number of hydrogen-bond donors (Lipinski definition) is 1. The second kappa shape index (κ2) is 6.69. The molecular formula is C15H22BrNO. The van der Waals surface area contributed by atoms with E-state index in [1.807, 2.05) is 0 Å². The van der Waals surface area contributed by atoms with Crippen LogP contribution >= 0.6 is 15.9 Å². The highest BCUT2D eigenvalue weighted by atomic mass is 79.9.